The molecule has 0 saturated carbocycles. The molecule has 0 aliphatic heterocycles. The maximum atomic E-state index is 3.78. The van der Waals surface area contributed by atoms with Gasteiger partial charge in [0.1, 0.15) is 0 Å². The van der Waals surface area contributed by atoms with Crippen molar-refractivity contribution in [1.29, 1.82) is 0 Å². The zero-order valence-corrected chi connectivity index (χ0v) is 6.70. The van der Waals surface area contributed by atoms with Gasteiger partial charge in [0.25, 0.3) is 0 Å². The molecule has 1 aromatic rings. The Bertz CT molecular complexity index is 302. The van der Waals surface area contributed by atoms with E-state index in [0.29, 0.717) is 11.4 Å². The van der Waals surface area contributed by atoms with Crippen molar-refractivity contribution in [1.82, 2.24) is 15.4 Å². The zero-order chi connectivity index (χ0) is 8.97. The highest BCUT2D eigenvalue weighted by atomic mass is 15.3. The van der Waals surface area contributed by atoms with E-state index in [4.69, 9.17) is 0 Å². The van der Waals surface area contributed by atoms with Gasteiger partial charge in [-0.05, 0) is 17.4 Å². The van der Waals surface area contributed by atoms with E-state index in [1.807, 2.05) is 0 Å². The van der Waals surface area contributed by atoms with Crippen LogP contribution in [-0.2, 0) is 0 Å². The van der Waals surface area contributed by atoms with Crippen molar-refractivity contribution in [2.75, 3.05) is 0 Å². The number of hydrogen-bond donors (Lipinski definition) is 0. The lowest BCUT2D eigenvalue weighted by Gasteiger charge is -1.99. The monoisotopic (exact) mass is 159 g/mol. The molecule has 0 N–H and O–H groups in total. The third-order valence-electron chi connectivity index (χ3n) is 1.45. The molecule has 0 aliphatic carbocycles. The summed E-state index contributed by atoms with van der Waals surface area (Å²) < 4.78 is 0. The van der Waals surface area contributed by atoms with Gasteiger partial charge in [0.2, 0.25) is 0 Å². The second-order valence-electron chi connectivity index (χ2n) is 2.09. The van der Waals surface area contributed by atoms with E-state index in [1.54, 1.807) is 18.2 Å². The largest absolute Gasteiger partial charge is 0.130 e. The van der Waals surface area contributed by atoms with Crippen LogP contribution in [-0.4, -0.2) is 15.4 Å². The summed E-state index contributed by atoms with van der Waals surface area (Å²) in [6.45, 7) is 10.9. The Morgan fingerprint density at radius 3 is 1.67 bits per heavy atom. The molecule has 0 unspecified atom stereocenters. The minimum atomic E-state index is 0.676. The van der Waals surface area contributed by atoms with Gasteiger partial charge in [0.15, 0.2) is 0 Å². The molecule has 1 aromatic heterocycles. The van der Waals surface area contributed by atoms with E-state index in [-0.39, 0.29) is 0 Å². The molecule has 0 aromatic carbocycles. The second-order valence-corrected chi connectivity index (χ2v) is 2.09. The lowest BCUT2D eigenvalue weighted by molar-refractivity contribution is 0.847. The molecule has 1 rings (SSSR count). The van der Waals surface area contributed by atoms with Crippen molar-refractivity contribution in [3.05, 3.63) is 36.7 Å². The van der Waals surface area contributed by atoms with Crippen LogP contribution in [0.15, 0.2) is 19.7 Å². The van der Waals surface area contributed by atoms with E-state index in [9.17, 15) is 0 Å². The fourth-order valence-corrected chi connectivity index (χ4v) is 0.868. The van der Waals surface area contributed by atoms with E-state index in [1.165, 1.54) is 0 Å². The summed E-state index contributed by atoms with van der Waals surface area (Å²) in [7, 11) is 0. The van der Waals surface area contributed by atoms with Gasteiger partial charge in [-0.15, -0.1) is 10.2 Å². The summed E-state index contributed by atoms with van der Waals surface area (Å²) >= 11 is 0. The van der Waals surface area contributed by atoms with Crippen molar-refractivity contribution in [2.24, 2.45) is 0 Å². The predicted octanol–water partition coefficient (Wildman–Crippen LogP) is 1.80. The Labute approximate surface area is 71.1 Å². The minimum absolute atomic E-state index is 0.676. The predicted molar refractivity (Wildman–Crippen MR) is 50.1 cm³/mol. The maximum Gasteiger partial charge on any atom is 0.0963 e. The summed E-state index contributed by atoms with van der Waals surface area (Å²) in [5, 5.41) is 11.1. The highest BCUT2D eigenvalue weighted by Crippen LogP contribution is 2.12. The highest BCUT2D eigenvalue weighted by Gasteiger charge is 2.02. The van der Waals surface area contributed by atoms with Gasteiger partial charge < -0.3 is 0 Å². The molecule has 0 atom stereocenters. The van der Waals surface area contributed by atoms with Gasteiger partial charge in [-0.3, -0.25) is 0 Å². The SMILES string of the molecule is C=Cc1nnnc(C=C)c1C=C. The average Bonchev–Trinajstić information content (AvgIpc) is 2.16. The molecule has 0 bridgehead atoms. The van der Waals surface area contributed by atoms with Crippen LogP contribution >= 0.6 is 0 Å². The van der Waals surface area contributed by atoms with Crippen molar-refractivity contribution >= 4 is 18.2 Å². The molecule has 60 valence electrons. The molecule has 0 aliphatic rings. The first-order valence-corrected chi connectivity index (χ1v) is 3.44. The molecule has 0 saturated heterocycles. The standard InChI is InChI=1S/C9H9N3/c1-4-7-8(5-2)10-12-11-9(7)6-3/h4-6H,1-3H2. The van der Waals surface area contributed by atoms with Gasteiger partial charge >= 0.3 is 0 Å². The van der Waals surface area contributed by atoms with Crippen LogP contribution in [0.5, 0.6) is 0 Å². The van der Waals surface area contributed by atoms with Gasteiger partial charge in [-0.25, -0.2) is 0 Å². The number of nitrogens with zero attached hydrogens (tertiary/aromatic N) is 3. The Kier molecular flexibility index (Phi) is 2.48. The van der Waals surface area contributed by atoms with Crippen LogP contribution < -0.4 is 0 Å². The summed E-state index contributed by atoms with van der Waals surface area (Å²) in [5.41, 5.74) is 2.17. The lowest BCUT2D eigenvalue weighted by Crippen LogP contribution is -1.98. The fraction of sp³-hybridized carbons (Fsp3) is 0. The van der Waals surface area contributed by atoms with Gasteiger partial charge in [0, 0.05) is 5.56 Å². The Morgan fingerprint density at radius 1 is 0.833 bits per heavy atom. The van der Waals surface area contributed by atoms with Gasteiger partial charge in [0.05, 0.1) is 11.4 Å². The highest BCUT2D eigenvalue weighted by molar-refractivity contribution is 5.67. The molecule has 12 heavy (non-hydrogen) atoms. The van der Waals surface area contributed by atoms with Crippen molar-refractivity contribution < 1.29 is 0 Å². The maximum absolute atomic E-state index is 3.78. The summed E-state index contributed by atoms with van der Waals surface area (Å²) in [4.78, 5) is 0. The minimum Gasteiger partial charge on any atom is -0.130 e. The third-order valence-corrected chi connectivity index (χ3v) is 1.45. The second kappa shape index (κ2) is 3.57. The van der Waals surface area contributed by atoms with Crippen molar-refractivity contribution in [3.8, 4) is 0 Å². The molecule has 0 spiro atoms. The van der Waals surface area contributed by atoms with E-state index in [0.717, 1.165) is 5.56 Å². The molecule has 0 fully saturated rings. The topological polar surface area (TPSA) is 38.7 Å². The van der Waals surface area contributed by atoms with E-state index in [2.05, 4.69) is 35.1 Å². The number of rotatable bonds is 3. The Hall–Kier alpha value is -1.77. The molecular weight excluding hydrogens is 150 g/mol. The van der Waals surface area contributed by atoms with E-state index < -0.39 is 0 Å². The Balaban J connectivity index is 3.40. The summed E-state index contributed by atoms with van der Waals surface area (Å²) in [5.74, 6) is 0. The molecule has 3 nitrogen and oxygen atoms in total. The van der Waals surface area contributed by atoms with Crippen molar-refractivity contribution in [3.63, 3.8) is 0 Å². The van der Waals surface area contributed by atoms with Crippen LogP contribution in [0.1, 0.15) is 17.0 Å². The fourth-order valence-electron chi connectivity index (χ4n) is 0.868. The smallest absolute Gasteiger partial charge is 0.0963 e. The van der Waals surface area contributed by atoms with Gasteiger partial charge in [-0.1, -0.05) is 25.8 Å². The third kappa shape index (κ3) is 1.29. The van der Waals surface area contributed by atoms with Crippen LogP contribution in [0, 0.1) is 0 Å². The number of aromatic nitrogens is 3. The average molecular weight is 159 g/mol. The first-order chi connectivity index (χ1) is 5.83. The Morgan fingerprint density at radius 2 is 1.33 bits per heavy atom. The summed E-state index contributed by atoms with van der Waals surface area (Å²) in [6, 6.07) is 0. The van der Waals surface area contributed by atoms with Crippen LogP contribution in [0.25, 0.3) is 18.2 Å². The molecule has 1 heterocycles. The quantitative estimate of drug-likeness (QED) is 0.675. The first kappa shape index (κ1) is 8.33. The van der Waals surface area contributed by atoms with Crippen molar-refractivity contribution in [2.45, 2.75) is 0 Å². The molecule has 0 amide bonds. The number of hydrogen-bond acceptors (Lipinski definition) is 3. The normalized spacial score (nSPS) is 9.00. The van der Waals surface area contributed by atoms with Gasteiger partial charge in [-0.2, -0.15) is 0 Å². The zero-order valence-electron chi connectivity index (χ0n) is 6.70. The first-order valence-electron chi connectivity index (χ1n) is 3.44. The summed E-state index contributed by atoms with van der Waals surface area (Å²) in [6.07, 6.45) is 4.88. The molecule has 0 radical (unpaired) electrons. The molecular formula is C9H9N3. The van der Waals surface area contributed by atoms with E-state index >= 15 is 0 Å². The van der Waals surface area contributed by atoms with Crippen LogP contribution in [0.2, 0.25) is 0 Å². The van der Waals surface area contributed by atoms with Crippen LogP contribution in [0.3, 0.4) is 0 Å². The lowest BCUT2D eigenvalue weighted by atomic mass is 10.1. The molecule has 3 heteroatoms. The van der Waals surface area contributed by atoms with Crippen LogP contribution in [0.4, 0.5) is 0 Å².